The summed E-state index contributed by atoms with van der Waals surface area (Å²) in [5.41, 5.74) is 0.874. The van der Waals surface area contributed by atoms with Gasteiger partial charge in [0.2, 0.25) is 11.8 Å². The highest BCUT2D eigenvalue weighted by molar-refractivity contribution is 7.09. The summed E-state index contributed by atoms with van der Waals surface area (Å²) in [6.45, 7) is 2.04. The van der Waals surface area contributed by atoms with Gasteiger partial charge in [-0.3, -0.25) is 9.59 Å². The summed E-state index contributed by atoms with van der Waals surface area (Å²) in [5, 5.41) is 7.76. The van der Waals surface area contributed by atoms with E-state index in [2.05, 4.69) is 10.6 Å². The van der Waals surface area contributed by atoms with Crippen LogP contribution in [0.3, 0.4) is 0 Å². The number of amides is 2. The summed E-state index contributed by atoms with van der Waals surface area (Å²) >= 11 is 1.68. The molecule has 0 saturated carbocycles. The molecule has 2 rings (SSSR count). The van der Waals surface area contributed by atoms with Gasteiger partial charge in [-0.05, 0) is 35.6 Å². The minimum Gasteiger partial charge on any atom is -0.497 e. The van der Waals surface area contributed by atoms with Crippen LogP contribution >= 0.6 is 11.3 Å². The van der Waals surface area contributed by atoms with Crippen LogP contribution in [0.4, 0.5) is 0 Å². The van der Waals surface area contributed by atoms with E-state index in [1.54, 1.807) is 18.4 Å². The number of benzene rings is 1. The number of nitrogens with one attached hydrogen (secondary N) is 2. The molecule has 2 N–H and O–H groups in total. The second-order valence-corrected chi connectivity index (χ2v) is 6.44. The van der Waals surface area contributed by atoms with Gasteiger partial charge >= 0.3 is 0 Å². The Morgan fingerprint density at radius 1 is 1.21 bits per heavy atom. The van der Waals surface area contributed by atoms with Gasteiger partial charge in [-0.25, -0.2) is 0 Å². The molecule has 128 valence electrons. The van der Waals surface area contributed by atoms with Gasteiger partial charge in [0.25, 0.3) is 0 Å². The van der Waals surface area contributed by atoms with Crippen molar-refractivity contribution in [2.24, 2.45) is 0 Å². The second kappa shape index (κ2) is 9.08. The summed E-state index contributed by atoms with van der Waals surface area (Å²) in [6, 6.07) is 11.1. The topological polar surface area (TPSA) is 67.4 Å². The molecule has 2 aromatic rings. The average Bonchev–Trinajstić information content (AvgIpc) is 3.07. The molecule has 0 bridgehead atoms. The lowest BCUT2D eigenvalue weighted by molar-refractivity contribution is -0.122. The summed E-state index contributed by atoms with van der Waals surface area (Å²) in [5.74, 6) is 0.490. The predicted molar refractivity (Wildman–Crippen MR) is 95.2 cm³/mol. The van der Waals surface area contributed by atoms with E-state index in [-0.39, 0.29) is 24.3 Å². The Bertz CT molecular complexity index is 653. The van der Waals surface area contributed by atoms with Crippen molar-refractivity contribution in [3.8, 4) is 5.75 Å². The lowest BCUT2D eigenvalue weighted by Gasteiger charge is -2.18. The second-order valence-electron chi connectivity index (χ2n) is 5.41. The van der Waals surface area contributed by atoms with Crippen molar-refractivity contribution >= 4 is 23.2 Å². The van der Waals surface area contributed by atoms with Crippen LogP contribution in [-0.2, 0) is 16.0 Å². The molecule has 24 heavy (non-hydrogen) atoms. The van der Waals surface area contributed by atoms with Crippen LogP contribution in [0, 0.1) is 0 Å². The summed E-state index contributed by atoms with van der Waals surface area (Å²) in [6.07, 6.45) is 1.02. The van der Waals surface area contributed by atoms with Crippen LogP contribution in [0.15, 0.2) is 41.8 Å². The molecular formula is C18H22N2O3S. The van der Waals surface area contributed by atoms with E-state index >= 15 is 0 Å². The van der Waals surface area contributed by atoms with E-state index in [9.17, 15) is 9.59 Å². The number of thiophene rings is 1. The van der Waals surface area contributed by atoms with Crippen molar-refractivity contribution in [2.75, 3.05) is 13.7 Å². The van der Waals surface area contributed by atoms with Gasteiger partial charge in [-0.1, -0.05) is 18.2 Å². The van der Waals surface area contributed by atoms with Crippen molar-refractivity contribution in [3.05, 3.63) is 52.2 Å². The maximum atomic E-state index is 12.2. The monoisotopic (exact) mass is 346 g/mol. The van der Waals surface area contributed by atoms with Gasteiger partial charge in [0.05, 0.1) is 19.6 Å². The summed E-state index contributed by atoms with van der Waals surface area (Å²) < 4.78 is 5.13. The van der Waals surface area contributed by atoms with E-state index in [4.69, 9.17) is 4.74 Å². The molecule has 0 aliphatic rings. The largest absolute Gasteiger partial charge is 0.497 e. The third-order valence-electron chi connectivity index (χ3n) is 3.56. The van der Waals surface area contributed by atoms with Crippen LogP contribution in [0.1, 0.15) is 29.8 Å². The first-order valence-electron chi connectivity index (χ1n) is 7.78. The van der Waals surface area contributed by atoms with Gasteiger partial charge in [0.15, 0.2) is 0 Å². The normalized spacial score (nSPS) is 11.6. The van der Waals surface area contributed by atoms with Gasteiger partial charge in [0, 0.05) is 18.3 Å². The van der Waals surface area contributed by atoms with Gasteiger partial charge in [-0.15, -0.1) is 11.3 Å². The fraction of sp³-hybridized carbons (Fsp3) is 0.333. The Morgan fingerprint density at radius 2 is 1.96 bits per heavy atom. The third-order valence-corrected chi connectivity index (χ3v) is 4.50. The van der Waals surface area contributed by atoms with E-state index < -0.39 is 0 Å². The molecule has 2 amide bonds. The molecule has 0 spiro atoms. The standard InChI is InChI=1S/C18H22N2O3S/c1-13(21)20-17(14-5-7-15(23-2)8-6-14)12-18(22)19-10-9-16-4-3-11-24-16/h3-8,11,17H,9-10,12H2,1-2H3,(H,19,22)(H,20,21). The molecule has 6 heteroatoms. The molecule has 1 atom stereocenters. The van der Waals surface area contributed by atoms with Crippen LogP contribution in [0.5, 0.6) is 5.75 Å². The molecule has 1 aromatic heterocycles. The fourth-order valence-electron chi connectivity index (χ4n) is 2.37. The van der Waals surface area contributed by atoms with Gasteiger partial charge < -0.3 is 15.4 Å². The van der Waals surface area contributed by atoms with E-state index in [0.29, 0.717) is 6.54 Å². The molecule has 0 aliphatic heterocycles. The zero-order chi connectivity index (χ0) is 17.4. The Labute approximate surface area is 146 Å². The number of carbonyl (C=O) groups excluding carboxylic acids is 2. The Balaban J connectivity index is 1.91. The molecule has 0 fully saturated rings. The van der Waals surface area contributed by atoms with Crippen LogP contribution < -0.4 is 15.4 Å². The molecule has 5 nitrogen and oxygen atoms in total. The lowest BCUT2D eigenvalue weighted by atomic mass is 10.0. The average molecular weight is 346 g/mol. The summed E-state index contributed by atoms with van der Waals surface area (Å²) in [7, 11) is 1.60. The first-order valence-corrected chi connectivity index (χ1v) is 8.66. The molecular weight excluding hydrogens is 324 g/mol. The maximum absolute atomic E-state index is 12.2. The fourth-order valence-corrected chi connectivity index (χ4v) is 3.08. The van der Waals surface area contributed by atoms with Crippen molar-refractivity contribution < 1.29 is 14.3 Å². The smallest absolute Gasteiger partial charge is 0.222 e. The van der Waals surface area contributed by atoms with Gasteiger partial charge in [0.1, 0.15) is 5.75 Å². The Morgan fingerprint density at radius 3 is 2.54 bits per heavy atom. The SMILES string of the molecule is COc1ccc(C(CC(=O)NCCc2cccs2)NC(C)=O)cc1. The third kappa shape index (κ3) is 5.70. The Hall–Kier alpha value is -2.34. The molecule has 0 aliphatic carbocycles. The molecule has 0 saturated heterocycles. The van der Waals surface area contributed by atoms with Crippen LogP contribution in [-0.4, -0.2) is 25.5 Å². The minimum absolute atomic E-state index is 0.0823. The molecule has 0 radical (unpaired) electrons. The van der Waals surface area contributed by atoms with E-state index in [0.717, 1.165) is 17.7 Å². The van der Waals surface area contributed by atoms with Crippen molar-refractivity contribution in [1.29, 1.82) is 0 Å². The number of hydrogen-bond acceptors (Lipinski definition) is 4. The summed E-state index contributed by atoms with van der Waals surface area (Å²) in [4.78, 5) is 24.9. The molecule has 1 unspecified atom stereocenters. The maximum Gasteiger partial charge on any atom is 0.222 e. The van der Waals surface area contributed by atoms with E-state index in [1.807, 2.05) is 41.8 Å². The van der Waals surface area contributed by atoms with Crippen molar-refractivity contribution in [3.63, 3.8) is 0 Å². The van der Waals surface area contributed by atoms with E-state index in [1.165, 1.54) is 11.8 Å². The number of carbonyl (C=O) groups is 2. The number of hydrogen-bond donors (Lipinski definition) is 2. The first-order chi connectivity index (χ1) is 11.6. The van der Waals surface area contributed by atoms with Crippen LogP contribution in [0.25, 0.3) is 0 Å². The highest BCUT2D eigenvalue weighted by Gasteiger charge is 2.17. The predicted octanol–water partition coefficient (Wildman–Crippen LogP) is 2.68. The number of methoxy groups -OCH3 is 1. The molecule has 1 heterocycles. The highest BCUT2D eigenvalue weighted by atomic mass is 32.1. The quantitative estimate of drug-likeness (QED) is 0.772. The number of ether oxygens (including phenoxy) is 1. The van der Waals surface area contributed by atoms with Crippen LogP contribution in [0.2, 0.25) is 0 Å². The van der Waals surface area contributed by atoms with Crippen molar-refractivity contribution in [2.45, 2.75) is 25.8 Å². The molecule has 1 aromatic carbocycles. The highest BCUT2D eigenvalue weighted by Crippen LogP contribution is 2.20. The zero-order valence-corrected chi connectivity index (χ0v) is 14.7. The minimum atomic E-state index is -0.352. The Kier molecular flexibility index (Phi) is 6.81. The number of rotatable bonds is 8. The van der Waals surface area contributed by atoms with Crippen molar-refractivity contribution in [1.82, 2.24) is 10.6 Å². The zero-order valence-electron chi connectivity index (χ0n) is 13.9. The first kappa shape index (κ1) is 18.0. The van der Waals surface area contributed by atoms with Gasteiger partial charge in [-0.2, -0.15) is 0 Å². The lowest BCUT2D eigenvalue weighted by Crippen LogP contribution is -2.33.